The Bertz CT molecular complexity index is 380. The fraction of sp³-hybridized carbons (Fsp3) is 0.462. The Balaban J connectivity index is 2.06. The third-order valence-corrected chi connectivity index (χ3v) is 3.49. The average Bonchev–Trinajstić information content (AvgIpc) is 2.07. The SMILES string of the molecule is Cc1ccc(CC(=O)C2CCC2)c(Cl)c1. The molecule has 80 valence electrons. The van der Waals surface area contributed by atoms with Gasteiger partial charge in [0, 0.05) is 17.4 Å². The van der Waals surface area contributed by atoms with Crippen LogP contribution in [0.25, 0.3) is 0 Å². The monoisotopic (exact) mass is 222 g/mol. The van der Waals surface area contributed by atoms with Gasteiger partial charge in [0.1, 0.15) is 5.78 Å². The highest BCUT2D eigenvalue weighted by atomic mass is 35.5. The van der Waals surface area contributed by atoms with Gasteiger partial charge in [-0.15, -0.1) is 0 Å². The van der Waals surface area contributed by atoms with Crippen molar-refractivity contribution in [3.63, 3.8) is 0 Å². The molecule has 0 spiro atoms. The zero-order valence-electron chi connectivity index (χ0n) is 8.92. The van der Waals surface area contributed by atoms with E-state index in [0.717, 1.165) is 29.0 Å². The van der Waals surface area contributed by atoms with E-state index in [0.29, 0.717) is 18.1 Å². The molecule has 1 fully saturated rings. The fourth-order valence-corrected chi connectivity index (χ4v) is 2.16. The Morgan fingerprint density at radius 1 is 1.47 bits per heavy atom. The number of hydrogen-bond acceptors (Lipinski definition) is 1. The van der Waals surface area contributed by atoms with Crippen molar-refractivity contribution in [1.82, 2.24) is 0 Å². The van der Waals surface area contributed by atoms with Gasteiger partial charge in [-0.1, -0.05) is 30.2 Å². The summed E-state index contributed by atoms with van der Waals surface area (Å²) < 4.78 is 0. The van der Waals surface area contributed by atoms with Crippen LogP contribution in [-0.4, -0.2) is 5.78 Å². The summed E-state index contributed by atoms with van der Waals surface area (Å²) in [7, 11) is 0. The second-order valence-corrected chi connectivity index (χ2v) is 4.77. The van der Waals surface area contributed by atoms with Crippen molar-refractivity contribution in [3.8, 4) is 0 Å². The Morgan fingerprint density at radius 3 is 2.73 bits per heavy atom. The molecule has 0 saturated heterocycles. The maximum Gasteiger partial charge on any atom is 0.140 e. The molecule has 15 heavy (non-hydrogen) atoms. The summed E-state index contributed by atoms with van der Waals surface area (Å²) in [5.41, 5.74) is 2.11. The van der Waals surface area contributed by atoms with Gasteiger partial charge in [0.05, 0.1) is 0 Å². The van der Waals surface area contributed by atoms with Crippen LogP contribution >= 0.6 is 11.6 Å². The minimum atomic E-state index is 0.308. The number of benzene rings is 1. The standard InChI is InChI=1S/C13H15ClO/c1-9-5-6-11(12(14)7-9)8-13(15)10-3-2-4-10/h5-7,10H,2-4,8H2,1H3. The molecule has 0 aliphatic heterocycles. The predicted molar refractivity (Wildman–Crippen MR) is 62.2 cm³/mol. The van der Waals surface area contributed by atoms with Crippen LogP contribution in [0.5, 0.6) is 0 Å². The lowest BCUT2D eigenvalue weighted by Gasteiger charge is -2.23. The first kappa shape index (κ1) is 10.7. The molecule has 1 aromatic carbocycles. The van der Waals surface area contributed by atoms with Gasteiger partial charge >= 0.3 is 0 Å². The van der Waals surface area contributed by atoms with E-state index in [1.54, 1.807) is 0 Å². The smallest absolute Gasteiger partial charge is 0.140 e. The molecular weight excluding hydrogens is 208 g/mol. The average molecular weight is 223 g/mol. The minimum Gasteiger partial charge on any atom is -0.299 e. The topological polar surface area (TPSA) is 17.1 Å². The summed E-state index contributed by atoms with van der Waals surface area (Å²) in [5.74, 6) is 0.661. The van der Waals surface area contributed by atoms with Gasteiger partial charge in [-0.05, 0) is 37.0 Å². The van der Waals surface area contributed by atoms with Crippen molar-refractivity contribution < 1.29 is 4.79 Å². The molecule has 1 nitrogen and oxygen atoms in total. The van der Waals surface area contributed by atoms with E-state index in [-0.39, 0.29) is 0 Å². The summed E-state index contributed by atoms with van der Waals surface area (Å²) in [5, 5.41) is 0.725. The lowest BCUT2D eigenvalue weighted by atomic mass is 9.80. The highest BCUT2D eigenvalue weighted by Gasteiger charge is 2.25. The molecule has 1 saturated carbocycles. The molecule has 1 aliphatic carbocycles. The normalized spacial score (nSPS) is 16.1. The van der Waals surface area contributed by atoms with Crippen molar-refractivity contribution in [2.75, 3.05) is 0 Å². The van der Waals surface area contributed by atoms with Gasteiger partial charge in [-0.3, -0.25) is 4.79 Å². The highest BCUT2D eigenvalue weighted by Crippen LogP contribution is 2.29. The summed E-state index contributed by atoms with van der Waals surface area (Å²) >= 11 is 6.09. The van der Waals surface area contributed by atoms with Crippen LogP contribution in [-0.2, 0) is 11.2 Å². The molecule has 1 aromatic rings. The largest absolute Gasteiger partial charge is 0.299 e. The van der Waals surface area contributed by atoms with Crippen molar-refractivity contribution in [2.24, 2.45) is 5.92 Å². The molecule has 0 bridgehead atoms. The summed E-state index contributed by atoms with van der Waals surface area (Å²) in [6, 6.07) is 5.90. The number of ketones is 1. The molecule has 0 radical (unpaired) electrons. The zero-order valence-corrected chi connectivity index (χ0v) is 9.68. The number of Topliss-reactive ketones (excluding diaryl/α,β-unsaturated/α-hetero) is 1. The maximum atomic E-state index is 11.8. The molecule has 0 aromatic heterocycles. The number of hydrogen-bond donors (Lipinski definition) is 0. The number of carbonyl (C=O) groups is 1. The van der Waals surface area contributed by atoms with Gasteiger partial charge in [-0.2, -0.15) is 0 Å². The van der Waals surface area contributed by atoms with E-state index < -0.39 is 0 Å². The Hall–Kier alpha value is -0.820. The maximum absolute atomic E-state index is 11.8. The van der Waals surface area contributed by atoms with E-state index in [1.165, 1.54) is 6.42 Å². The van der Waals surface area contributed by atoms with Crippen LogP contribution < -0.4 is 0 Å². The lowest BCUT2D eigenvalue weighted by molar-refractivity contribution is -0.124. The van der Waals surface area contributed by atoms with Gasteiger partial charge in [0.2, 0.25) is 0 Å². The van der Waals surface area contributed by atoms with Gasteiger partial charge in [0.25, 0.3) is 0 Å². The van der Waals surface area contributed by atoms with E-state index >= 15 is 0 Å². The molecule has 0 atom stereocenters. The van der Waals surface area contributed by atoms with Crippen molar-refractivity contribution in [2.45, 2.75) is 32.6 Å². The second kappa shape index (κ2) is 4.36. The van der Waals surface area contributed by atoms with Crippen LogP contribution in [0.3, 0.4) is 0 Å². The second-order valence-electron chi connectivity index (χ2n) is 4.37. The molecular formula is C13H15ClO. The predicted octanol–water partition coefficient (Wildman–Crippen LogP) is 3.56. The first-order chi connectivity index (χ1) is 7.16. The fourth-order valence-electron chi connectivity index (χ4n) is 1.86. The highest BCUT2D eigenvalue weighted by molar-refractivity contribution is 6.31. The van der Waals surface area contributed by atoms with Crippen molar-refractivity contribution in [3.05, 3.63) is 34.3 Å². The van der Waals surface area contributed by atoms with E-state index in [9.17, 15) is 4.79 Å². The van der Waals surface area contributed by atoms with Crippen molar-refractivity contribution >= 4 is 17.4 Å². The first-order valence-electron chi connectivity index (χ1n) is 5.44. The van der Waals surface area contributed by atoms with E-state index in [2.05, 4.69) is 0 Å². The lowest BCUT2D eigenvalue weighted by Crippen LogP contribution is -2.23. The Labute approximate surface area is 95.4 Å². The zero-order chi connectivity index (χ0) is 10.8. The third kappa shape index (κ3) is 2.40. The Morgan fingerprint density at radius 2 is 2.20 bits per heavy atom. The molecule has 0 heterocycles. The molecule has 2 rings (SSSR count). The van der Waals surface area contributed by atoms with Crippen LogP contribution in [0.1, 0.15) is 30.4 Å². The van der Waals surface area contributed by atoms with Crippen LogP contribution in [0, 0.1) is 12.8 Å². The molecule has 1 aliphatic rings. The number of carbonyl (C=O) groups excluding carboxylic acids is 1. The van der Waals surface area contributed by atoms with Crippen LogP contribution in [0.4, 0.5) is 0 Å². The molecule has 0 unspecified atom stereocenters. The quantitative estimate of drug-likeness (QED) is 0.764. The van der Waals surface area contributed by atoms with Crippen LogP contribution in [0.15, 0.2) is 18.2 Å². The minimum absolute atomic E-state index is 0.308. The summed E-state index contributed by atoms with van der Waals surface area (Å²) in [4.78, 5) is 11.8. The number of rotatable bonds is 3. The molecule has 2 heteroatoms. The van der Waals surface area contributed by atoms with E-state index in [4.69, 9.17) is 11.6 Å². The van der Waals surface area contributed by atoms with Crippen molar-refractivity contribution in [1.29, 1.82) is 0 Å². The first-order valence-corrected chi connectivity index (χ1v) is 5.82. The van der Waals surface area contributed by atoms with Gasteiger partial charge < -0.3 is 0 Å². The van der Waals surface area contributed by atoms with Gasteiger partial charge in [0.15, 0.2) is 0 Å². The molecule has 0 amide bonds. The summed E-state index contributed by atoms with van der Waals surface area (Å²) in [6.07, 6.45) is 3.85. The third-order valence-electron chi connectivity index (χ3n) is 3.13. The van der Waals surface area contributed by atoms with Crippen LogP contribution in [0.2, 0.25) is 5.02 Å². The van der Waals surface area contributed by atoms with Gasteiger partial charge in [-0.25, -0.2) is 0 Å². The number of aryl methyl sites for hydroxylation is 1. The van der Waals surface area contributed by atoms with E-state index in [1.807, 2.05) is 25.1 Å². The summed E-state index contributed by atoms with van der Waals surface area (Å²) in [6.45, 7) is 2.00. The Kier molecular flexibility index (Phi) is 3.11. The number of halogens is 1. The molecule has 0 N–H and O–H groups in total.